The molecule has 0 aliphatic rings. The zero-order valence-corrected chi connectivity index (χ0v) is 10.6. The lowest BCUT2D eigenvalue weighted by molar-refractivity contribution is 1.03. The van der Waals surface area contributed by atoms with Gasteiger partial charge in [-0.1, -0.05) is 6.07 Å². The summed E-state index contributed by atoms with van der Waals surface area (Å²) < 4.78 is 0. The first-order valence-electron chi connectivity index (χ1n) is 5.86. The van der Waals surface area contributed by atoms with E-state index in [-0.39, 0.29) is 0 Å². The first-order chi connectivity index (χ1) is 8.15. The third-order valence-corrected chi connectivity index (χ3v) is 3.49. The van der Waals surface area contributed by atoms with Crippen LogP contribution in [-0.2, 0) is 6.54 Å². The summed E-state index contributed by atoms with van der Waals surface area (Å²) in [5.74, 6) is 0. The largest absolute Gasteiger partial charge is 0.326 e. The topological polar surface area (TPSA) is 38.9 Å². The van der Waals surface area contributed by atoms with E-state index >= 15 is 0 Å². The average molecular weight is 226 g/mol. The minimum absolute atomic E-state index is 0.576. The molecule has 0 saturated carbocycles. The van der Waals surface area contributed by atoms with E-state index in [4.69, 9.17) is 5.73 Å². The number of nitrogens with zero attached hydrogens (tertiary/aromatic N) is 1. The van der Waals surface area contributed by atoms with Crippen LogP contribution in [0.4, 0.5) is 0 Å². The number of rotatable bonds is 2. The van der Waals surface area contributed by atoms with Crippen molar-refractivity contribution in [2.24, 2.45) is 5.73 Å². The first kappa shape index (κ1) is 11.8. The maximum atomic E-state index is 5.80. The molecule has 0 atom stereocenters. The molecular weight excluding hydrogens is 208 g/mol. The summed E-state index contributed by atoms with van der Waals surface area (Å²) in [7, 11) is 0. The first-order valence-corrected chi connectivity index (χ1v) is 5.86. The van der Waals surface area contributed by atoms with E-state index in [1.807, 2.05) is 24.4 Å². The van der Waals surface area contributed by atoms with Gasteiger partial charge in [0.1, 0.15) is 0 Å². The van der Waals surface area contributed by atoms with E-state index in [1.165, 1.54) is 27.8 Å². The summed E-state index contributed by atoms with van der Waals surface area (Å²) >= 11 is 0. The zero-order chi connectivity index (χ0) is 12.4. The SMILES string of the molecule is Cc1c(CN)cc(-c2ccccn2)c(C)c1C. The second kappa shape index (κ2) is 4.68. The number of pyridine rings is 1. The molecule has 0 radical (unpaired) electrons. The molecule has 1 aromatic carbocycles. The molecular formula is C15H18N2. The molecule has 17 heavy (non-hydrogen) atoms. The van der Waals surface area contributed by atoms with E-state index in [1.54, 1.807) is 0 Å². The van der Waals surface area contributed by atoms with E-state index < -0.39 is 0 Å². The molecule has 88 valence electrons. The van der Waals surface area contributed by atoms with Gasteiger partial charge in [0, 0.05) is 18.3 Å². The highest BCUT2D eigenvalue weighted by Crippen LogP contribution is 2.28. The van der Waals surface area contributed by atoms with Crippen molar-refractivity contribution in [3.8, 4) is 11.3 Å². The normalized spacial score (nSPS) is 10.6. The quantitative estimate of drug-likeness (QED) is 0.854. The smallest absolute Gasteiger partial charge is 0.0704 e. The van der Waals surface area contributed by atoms with Crippen LogP contribution in [0.15, 0.2) is 30.5 Å². The summed E-state index contributed by atoms with van der Waals surface area (Å²) in [6.07, 6.45) is 1.83. The Morgan fingerprint density at radius 3 is 2.41 bits per heavy atom. The van der Waals surface area contributed by atoms with Crippen LogP contribution in [-0.4, -0.2) is 4.98 Å². The summed E-state index contributed by atoms with van der Waals surface area (Å²) in [5.41, 5.74) is 13.1. The van der Waals surface area contributed by atoms with Gasteiger partial charge >= 0.3 is 0 Å². The van der Waals surface area contributed by atoms with Gasteiger partial charge in [0.05, 0.1) is 5.69 Å². The van der Waals surface area contributed by atoms with Gasteiger partial charge in [0.15, 0.2) is 0 Å². The van der Waals surface area contributed by atoms with Crippen molar-refractivity contribution in [2.45, 2.75) is 27.3 Å². The highest BCUT2D eigenvalue weighted by Gasteiger charge is 2.10. The van der Waals surface area contributed by atoms with Crippen molar-refractivity contribution in [1.82, 2.24) is 4.98 Å². The number of hydrogen-bond donors (Lipinski definition) is 1. The Hall–Kier alpha value is -1.67. The van der Waals surface area contributed by atoms with Gasteiger partial charge in [-0.25, -0.2) is 0 Å². The second-order valence-electron chi connectivity index (χ2n) is 4.38. The van der Waals surface area contributed by atoms with Crippen molar-refractivity contribution in [2.75, 3.05) is 0 Å². The Morgan fingerprint density at radius 1 is 1.06 bits per heavy atom. The van der Waals surface area contributed by atoms with E-state index in [2.05, 4.69) is 31.8 Å². The fourth-order valence-electron chi connectivity index (χ4n) is 2.11. The third kappa shape index (κ3) is 2.08. The fraction of sp³-hybridized carbons (Fsp3) is 0.267. The molecule has 0 spiro atoms. The van der Waals surface area contributed by atoms with Crippen molar-refractivity contribution < 1.29 is 0 Å². The molecule has 0 saturated heterocycles. The Bertz CT molecular complexity index is 530. The van der Waals surface area contributed by atoms with Gasteiger partial charge in [0.2, 0.25) is 0 Å². The lowest BCUT2D eigenvalue weighted by atomic mass is 9.92. The van der Waals surface area contributed by atoms with Crippen LogP contribution < -0.4 is 5.73 Å². The zero-order valence-electron chi connectivity index (χ0n) is 10.6. The number of benzene rings is 1. The predicted octanol–water partition coefficient (Wildman–Crippen LogP) is 3.13. The van der Waals surface area contributed by atoms with Crippen LogP contribution in [0.3, 0.4) is 0 Å². The van der Waals surface area contributed by atoms with Crippen LogP contribution in [0, 0.1) is 20.8 Å². The average Bonchev–Trinajstić information content (AvgIpc) is 2.37. The van der Waals surface area contributed by atoms with Crippen LogP contribution in [0.1, 0.15) is 22.3 Å². The number of hydrogen-bond acceptors (Lipinski definition) is 2. The lowest BCUT2D eigenvalue weighted by Crippen LogP contribution is -2.03. The second-order valence-corrected chi connectivity index (χ2v) is 4.38. The maximum absolute atomic E-state index is 5.80. The molecule has 1 heterocycles. The standard InChI is InChI=1S/C15H18N2/c1-10-11(2)13(9-16)8-14(12(10)3)15-6-4-5-7-17-15/h4-8H,9,16H2,1-3H3. The maximum Gasteiger partial charge on any atom is 0.0704 e. The summed E-state index contributed by atoms with van der Waals surface area (Å²) in [6.45, 7) is 7.00. The Kier molecular flexibility index (Phi) is 3.25. The number of nitrogens with two attached hydrogens (primary N) is 1. The van der Waals surface area contributed by atoms with Gasteiger partial charge in [-0.3, -0.25) is 4.98 Å². The van der Waals surface area contributed by atoms with E-state index in [9.17, 15) is 0 Å². The summed E-state index contributed by atoms with van der Waals surface area (Å²) in [4.78, 5) is 4.42. The molecule has 0 aliphatic carbocycles. The number of aromatic nitrogens is 1. The Labute approximate surface area is 103 Å². The molecule has 0 fully saturated rings. The molecule has 1 aromatic heterocycles. The molecule has 2 aromatic rings. The minimum atomic E-state index is 0.576. The molecule has 0 amide bonds. The third-order valence-electron chi connectivity index (χ3n) is 3.49. The van der Waals surface area contributed by atoms with Crippen molar-refractivity contribution in [3.63, 3.8) is 0 Å². The highest BCUT2D eigenvalue weighted by atomic mass is 14.7. The molecule has 0 unspecified atom stereocenters. The fourth-order valence-corrected chi connectivity index (χ4v) is 2.11. The van der Waals surface area contributed by atoms with Gasteiger partial charge in [0.25, 0.3) is 0 Å². The Balaban J connectivity index is 2.67. The molecule has 2 rings (SSSR count). The molecule has 2 N–H and O–H groups in total. The van der Waals surface area contributed by atoms with Crippen molar-refractivity contribution in [1.29, 1.82) is 0 Å². The predicted molar refractivity (Wildman–Crippen MR) is 71.8 cm³/mol. The molecule has 2 heteroatoms. The Morgan fingerprint density at radius 2 is 1.82 bits per heavy atom. The minimum Gasteiger partial charge on any atom is -0.326 e. The van der Waals surface area contributed by atoms with Crippen molar-refractivity contribution in [3.05, 3.63) is 52.7 Å². The van der Waals surface area contributed by atoms with Gasteiger partial charge in [-0.15, -0.1) is 0 Å². The molecule has 0 bridgehead atoms. The van der Waals surface area contributed by atoms with Crippen LogP contribution in [0.5, 0.6) is 0 Å². The lowest BCUT2D eigenvalue weighted by Gasteiger charge is -2.15. The van der Waals surface area contributed by atoms with Gasteiger partial charge in [-0.2, -0.15) is 0 Å². The van der Waals surface area contributed by atoms with E-state index in [0.29, 0.717) is 6.54 Å². The molecule has 0 aliphatic heterocycles. The van der Waals surface area contributed by atoms with Crippen molar-refractivity contribution >= 4 is 0 Å². The van der Waals surface area contributed by atoms with Crippen LogP contribution in [0.2, 0.25) is 0 Å². The van der Waals surface area contributed by atoms with Crippen LogP contribution >= 0.6 is 0 Å². The van der Waals surface area contributed by atoms with Gasteiger partial charge in [-0.05, 0) is 61.2 Å². The van der Waals surface area contributed by atoms with Crippen LogP contribution in [0.25, 0.3) is 11.3 Å². The summed E-state index contributed by atoms with van der Waals surface area (Å²) in [5, 5.41) is 0. The van der Waals surface area contributed by atoms with E-state index in [0.717, 1.165) is 5.69 Å². The summed E-state index contributed by atoms with van der Waals surface area (Å²) in [6, 6.07) is 8.15. The highest BCUT2D eigenvalue weighted by molar-refractivity contribution is 5.67. The monoisotopic (exact) mass is 226 g/mol. The molecule has 2 nitrogen and oxygen atoms in total. The van der Waals surface area contributed by atoms with Gasteiger partial charge < -0.3 is 5.73 Å².